The summed E-state index contributed by atoms with van der Waals surface area (Å²) in [7, 11) is 0. The molecule has 2 atom stereocenters. The van der Waals surface area contributed by atoms with Gasteiger partial charge in [-0.15, -0.1) is 0 Å². The second-order valence-corrected chi connectivity index (χ2v) is 5.01. The fourth-order valence-corrected chi connectivity index (χ4v) is 2.78. The standard InChI is InChI=1S/C14H19N3O/c18-14-12(9-11-5-2-1-3-6-11)16-10-13-15-7-4-8-17(13)14/h1-3,5-6,12-13,15-16H,4,7-10H2/t12-,13+/m0/s1. The summed E-state index contributed by atoms with van der Waals surface area (Å²) in [6, 6.07) is 10.1. The van der Waals surface area contributed by atoms with Crippen LogP contribution in [0, 0.1) is 0 Å². The zero-order valence-corrected chi connectivity index (χ0v) is 10.4. The Morgan fingerprint density at radius 3 is 2.89 bits per heavy atom. The van der Waals surface area contributed by atoms with Crippen LogP contribution < -0.4 is 10.6 Å². The Labute approximate surface area is 107 Å². The third-order valence-electron chi connectivity index (χ3n) is 3.75. The van der Waals surface area contributed by atoms with Crippen molar-refractivity contribution in [2.45, 2.75) is 25.0 Å². The van der Waals surface area contributed by atoms with Gasteiger partial charge in [0, 0.05) is 13.1 Å². The molecule has 0 aromatic heterocycles. The van der Waals surface area contributed by atoms with E-state index in [1.54, 1.807) is 0 Å². The Morgan fingerprint density at radius 2 is 2.06 bits per heavy atom. The molecule has 0 unspecified atom stereocenters. The SMILES string of the molecule is O=C1[C@H](Cc2ccccc2)NC[C@@H]2NCCCN12. The van der Waals surface area contributed by atoms with E-state index in [4.69, 9.17) is 0 Å². The molecule has 3 rings (SSSR count). The lowest BCUT2D eigenvalue weighted by Gasteiger charge is -2.43. The van der Waals surface area contributed by atoms with Gasteiger partial charge in [0.05, 0.1) is 12.2 Å². The number of fused-ring (bicyclic) bond motifs is 1. The molecule has 2 aliphatic heterocycles. The monoisotopic (exact) mass is 245 g/mol. The summed E-state index contributed by atoms with van der Waals surface area (Å²) in [5.41, 5.74) is 1.21. The quantitative estimate of drug-likeness (QED) is 0.790. The molecule has 2 aliphatic rings. The van der Waals surface area contributed by atoms with Gasteiger partial charge in [-0.25, -0.2) is 0 Å². The smallest absolute Gasteiger partial charge is 0.241 e. The van der Waals surface area contributed by atoms with Gasteiger partial charge in [0.2, 0.25) is 5.91 Å². The molecule has 2 saturated heterocycles. The summed E-state index contributed by atoms with van der Waals surface area (Å²) in [6.45, 7) is 2.76. The summed E-state index contributed by atoms with van der Waals surface area (Å²) < 4.78 is 0. The maximum absolute atomic E-state index is 12.4. The van der Waals surface area contributed by atoms with Crippen molar-refractivity contribution in [1.29, 1.82) is 0 Å². The van der Waals surface area contributed by atoms with Gasteiger partial charge in [0.25, 0.3) is 0 Å². The molecular weight excluding hydrogens is 226 g/mol. The van der Waals surface area contributed by atoms with Crippen LogP contribution in [0.1, 0.15) is 12.0 Å². The molecule has 0 aliphatic carbocycles. The Kier molecular flexibility index (Phi) is 3.30. The Bertz CT molecular complexity index is 420. The number of hydrogen-bond donors (Lipinski definition) is 2. The molecule has 0 bridgehead atoms. The van der Waals surface area contributed by atoms with Crippen LogP contribution in [0.2, 0.25) is 0 Å². The molecule has 0 spiro atoms. The number of benzene rings is 1. The van der Waals surface area contributed by atoms with Crippen molar-refractivity contribution >= 4 is 5.91 Å². The van der Waals surface area contributed by atoms with Crippen LogP contribution >= 0.6 is 0 Å². The lowest BCUT2D eigenvalue weighted by Crippen LogP contribution is -2.67. The number of hydrogen-bond acceptors (Lipinski definition) is 3. The second kappa shape index (κ2) is 5.08. The van der Waals surface area contributed by atoms with Gasteiger partial charge in [-0.2, -0.15) is 0 Å². The first-order valence-electron chi connectivity index (χ1n) is 6.66. The van der Waals surface area contributed by atoms with Gasteiger partial charge in [0.15, 0.2) is 0 Å². The number of amides is 1. The summed E-state index contributed by atoms with van der Waals surface area (Å²) in [6.07, 6.45) is 2.03. The van der Waals surface area contributed by atoms with E-state index in [1.165, 1.54) is 5.56 Å². The number of rotatable bonds is 2. The number of nitrogens with one attached hydrogen (secondary N) is 2. The van der Waals surface area contributed by atoms with Crippen LogP contribution in [0.3, 0.4) is 0 Å². The van der Waals surface area contributed by atoms with E-state index < -0.39 is 0 Å². The first-order valence-corrected chi connectivity index (χ1v) is 6.66. The minimum absolute atomic E-state index is 0.0662. The van der Waals surface area contributed by atoms with Crippen molar-refractivity contribution in [1.82, 2.24) is 15.5 Å². The lowest BCUT2D eigenvalue weighted by atomic mass is 10.0. The summed E-state index contributed by atoms with van der Waals surface area (Å²) >= 11 is 0. The Balaban J connectivity index is 1.69. The number of piperazine rings is 1. The fourth-order valence-electron chi connectivity index (χ4n) is 2.78. The molecule has 0 saturated carbocycles. The summed E-state index contributed by atoms with van der Waals surface area (Å²) in [5.74, 6) is 0.238. The van der Waals surface area contributed by atoms with Crippen LogP contribution in [0.5, 0.6) is 0 Å². The summed E-state index contributed by atoms with van der Waals surface area (Å²) in [4.78, 5) is 14.4. The van der Waals surface area contributed by atoms with Gasteiger partial charge in [-0.3, -0.25) is 10.1 Å². The van der Waals surface area contributed by atoms with Crippen LogP contribution in [0.4, 0.5) is 0 Å². The predicted octanol–water partition coefficient (Wildman–Crippen LogP) is 0.349. The van der Waals surface area contributed by atoms with Crippen molar-refractivity contribution < 1.29 is 4.79 Å². The zero-order valence-electron chi connectivity index (χ0n) is 10.4. The highest BCUT2D eigenvalue weighted by Crippen LogP contribution is 2.14. The van der Waals surface area contributed by atoms with E-state index in [1.807, 2.05) is 23.1 Å². The molecule has 2 fully saturated rings. The molecule has 4 nitrogen and oxygen atoms in total. The highest BCUT2D eigenvalue weighted by Gasteiger charge is 2.35. The number of carbonyl (C=O) groups excluding carboxylic acids is 1. The second-order valence-electron chi connectivity index (χ2n) is 5.01. The van der Waals surface area contributed by atoms with E-state index in [2.05, 4.69) is 22.8 Å². The van der Waals surface area contributed by atoms with E-state index in [0.29, 0.717) is 0 Å². The molecule has 0 radical (unpaired) electrons. The maximum Gasteiger partial charge on any atom is 0.241 e. The van der Waals surface area contributed by atoms with Crippen LogP contribution in [-0.2, 0) is 11.2 Å². The normalized spacial score (nSPS) is 28.0. The number of nitrogens with zero attached hydrogens (tertiary/aromatic N) is 1. The Hall–Kier alpha value is -1.39. The molecule has 18 heavy (non-hydrogen) atoms. The van der Waals surface area contributed by atoms with Crippen molar-refractivity contribution in [2.75, 3.05) is 19.6 Å². The molecule has 96 valence electrons. The zero-order chi connectivity index (χ0) is 12.4. The van der Waals surface area contributed by atoms with E-state index in [0.717, 1.165) is 32.5 Å². The van der Waals surface area contributed by atoms with Gasteiger partial charge >= 0.3 is 0 Å². The van der Waals surface area contributed by atoms with Gasteiger partial charge in [-0.1, -0.05) is 30.3 Å². The minimum Gasteiger partial charge on any atom is -0.324 e. The van der Waals surface area contributed by atoms with E-state index in [-0.39, 0.29) is 18.1 Å². The topological polar surface area (TPSA) is 44.4 Å². The maximum atomic E-state index is 12.4. The molecule has 1 aromatic rings. The van der Waals surface area contributed by atoms with E-state index >= 15 is 0 Å². The van der Waals surface area contributed by atoms with E-state index in [9.17, 15) is 4.79 Å². The highest BCUT2D eigenvalue weighted by atomic mass is 16.2. The molecule has 1 aromatic carbocycles. The summed E-state index contributed by atoms with van der Waals surface area (Å²) in [5, 5.41) is 6.74. The van der Waals surface area contributed by atoms with Crippen molar-refractivity contribution in [2.24, 2.45) is 0 Å². The highest BCUT2D eigenvalue weighted by molar-refractivity contribution is 5.83. The Morgan fingerprint density at radius 1 is 1.22 bits per heavy atom. The average Bonchev–Trinajstić information content (AvgIpc) is 2.43. The molecule has 1 amide bonds. The molecule has 4 heteroatoms. The third kappa shape index (κ3) is 2.26. The van der Waals surface area contributed by atoms with Gasteiger partial charge < -0.3 is 10.2 Å². The van der Waals surface area contributed by atoms with Gasteiger partial charge in [0.1, 0.15) is 0 Å². The third-order valence-corrected chi connectivity index (χ3v) is 3.75. The van der Waals surface area contributed by atoms with Crippen LogP contribution in [-0.4, -0.2) is 42.6 Å². The van der Waals surface area contributed by atoms with Crippen LogP contribution in [0.15, 0.2) is 30.3 Å². The molecular formula is C14H19N3O. The first kappa shape index (κ1) is 11.7. The van der Waals surface area contributed by atoms with Crippen molar-refractivity contribution in [3.05, 3.63) is 35.9 Å². The number of carbonyl (C=O) groups is 1. The fraction of sp³-hybridized carbons (Fsp3) is 0.500. The molecule has 2 N–H and O–H groups in total. The predicted molar refractivity (Wildman–Crippen MR) is 70.1 cm³/mol. The molecule has 2 heterocycles. The largest absolute Gasteiger partial charge is 0.324 e. The first-order chi connectivity index (χ1) is 8.84. The minimum atomic E-state index is -0.0662. The van der Waals surface area contributed by atoms with Crippen molar-refractivity contribution in [3.63, 3.8) is 0 Å². The van der Waals surface area contributed by atoms with Gasteiger partial charge in [-0.05, 0) is 24.9 Å². The van der Waals surface area contributed by atoms with Crippen molar-refractivity contribution in [3.8, 4) is 0 Å². The average molecular weight is 245 g/mol. The van der Waals surface area contributed by atoms with Crippen LogP contribution in [0.25, 0.3) is 0 Å². The lowest BCUT2D eigenvalue weighted by molar-refractivity contribution is -0.141.